The summed E-state index contributed by atoms with van der Waals surface area (Å²) < 4.78 is 11.5. The number of hydrogen-bond donors (Lipinski definition) is 1. The van der Waals surface area contributed by atoms with E-state index in [9.17, 15) is 4.21 Å². The van der Waals surface area contributed by atoms with Gasteiger partial charge in [-0.2, -0.15) is 0 Å². The molecule has 0 bridgehead atoms. The fourth-order valence-electron chi connectivity index (χ4n) is 1.50. The topological polar surface area (TPSA) is 29.1 Å². The summed E-state index contributed by atoms with van der Waals surface area (Å²) in [6.07, 6.45) is 3.41. The fourth-order valence-corrected chi connectivity index (χ4v) is 2.90. The van der Waals surface area contributed by atoms with Crippen molar-refractivity contribution in [3.8, 4) is 0 Å². The van der Waals surface area contributed by atoms with Crippen molar-refractivity contribution in [3.63, 3.8) is 0 Å². The standard InChI is InChI=1S/C12H27NOS/c1-5-8-13-12(4)7-6-9-15(14)10-11(2)3/h11-13H,5-10H2,1-4H3. The molecule has 0 aromatic rings. The monoisotopic (exact) mass is 233 g/mol. The average molecular weight is 233 g/mol. The van der Waals surface area contributed by atoms with Crippen LogP contribution in [0.5, 0.6) is 0 Å². The Kier molecular flexibility index (Phi) is 9.41. The Morgan fingerprint density at radius 3 is 2.47 bits per heavy atom. The lowest BCUT2D eigenvalue weighted by molar-refractivity contribution is 0.508. The second-order valence-corrected chi connectivity index (χ2v) is 6.32. The SMILES string of the molecule is CCCNC(C)CCCS(=O)CC(C)C. The molecule has 15 heavy (non-hydrogen) atoms. The van der Waals surface area contributed by atoms with Gasteiger partial charge in [0.2, 0.25) is 0 Å². The van der Waals surface area contributed by atoms with Crippen LogP contribution in [0.25, 0.3) is 0 Å². The number of nitrogens with one attached hydrogen (secondary N) is 1. The van der Waals surface area contributed by atoms with Crippen LogP contribution in [0.4, 0.5) is 0 Å². The van der Waals surface area contributed by atoms with Crippen molar-refractivity contribution >= 4 is 10.8 Å². The minimum atomic E-state index is -0.600. The fraction of sp³-hybridized carbons (Fsp3) is 1.00. The summed E-state index contributed by atoms with van der Waals surface area (Å²) in [7, 11) is -0.600. The maximum absolute atomic E-state index is 11.5. The van der Waals surface area contributed by atoms with Crippen molar-refractivity contribution in [2.24, 2.45) is 5.92 Å². The Morgan fingerprint density at radius 1 is 1.27 bits per heavy atom. The van der Waals surface area contributed by atoms with E-state index in [-0.39, 0.29) is 0 Å². The predicted molar refractivity (Wildman–Crippen MR) is 69.7 cm³/mol. The Balaban J connectivity index is 3.40. The molecule has 0 heterocycles. The van der Waals surface area contributed by atoms with Crippen molar-refractivity contribution < 1.29 is 4.21 Å². The van der Waals surface area contributed by atoms with E-state index in [2.05, 4.69) is 33.0 Å². The van der Waals surface area contributed by atoms with E-state index in [0.29, 0.717) is 12.0 Å². The molecule has 0 aliphatic rings. The molecular weight excluding hydrogens is 206 g/mol. The highest BCUT2D eigenvalue weighted by molar-refractivity contribution is 7.84. The maximum atomic E-state index is 11.5. The highest BCUT2D eigenvalue weighted by Crippen LogP contribution is 2.02. The minimum absolute atomic E-state index is 0.557. The average Bonchev–Trinajstić information content (AvgIpc) is 2.13. The quantitative estimate of drug-likeness (QED) is 0.663. The Labute approximate surface area is 97.7 Å². The van der Waals surface area contributed by atoms with Crippen molar-refractivity contribution in [2.45, 2.75) is 53.0 Å². The molecule has 2 atom stereocenters. The van der Waals surface area contributed by atoms with E-state index < -0.39 is 10.8 Å². The molecule has 0 amide bonds. The van der Waals surface area contributed by atoms with Crippen molar-refractivity contribution in [3.05, 3.63) is 0 Å². The highest BCUT2D eigenvalue weighted by atomic mass is 32.2. The molecule has 0 saturated heterocycles. The summed E-state index contributed by atoms with van der Waals surface area (Å²) in [6, 6.07) is 0.570. The van der Waals surface area contributed by atoms with Crippen LogP contribution in [0.2, 0.25) is 0 Å². The molecule has 0 rings (SSSR count). The summed E-state index contributed by atoms with van der Waals surface area (Å²) in [5.74, 6) is 2.29. The maximum Gasteiger partial charge on any atom is 0.0257 e. The molecule has 2 nitrogen and oxygen atoms in total. The molecule has 1 N–H and O–H groups in total. The van der Waals surface area contributed by atoms with E-state index in [1.165, 1.54) is 6.42 Å². The zero-order valence-corrected chi connectivity index (χ0v) is 11.5. The summed E-state index contributed by atoms with van der Waals surface area (Å²) in [5, 5.41) is 3.45. The minimum Gasteiger partial charge on any atom is -0.314 e. The van der Waals surface area contributed by atoms with Crippen LogP contribution in [0.3, 0.4) is 0 Å². The largest absolute Gasteiger partial charge is 0.314 e. The third kappa shape index (κ3) is 10.4. The van der Waals surface area contributed by atoms with Gasteiger partial charge in [-0.1, -0.05) is 20.8 Å². The van der Waals surface area contributed by atoms with Crippen LogP contribution in [0.1, 0.15) is 47.0 Å². The van der Waals surface area contributed by atoms with Gasteiger partial charge < -0.3 is 5.32 Å². The Hall–Kier alpha value is 0.110. The van der Waals surface area contributed by atoms with Crippen LogP contribution in [0.15, 0.2) is 0 Å². The predicted octanol–water partition coefficient (Wildman–Crippen LogP) is 2.56. The molecule has 0 saturated carbocycles. The lowest BCUT2D eigenvalue weighted by Crippen LogP contribution is -2.27. The molecule has 0 fully saturated rings. The van der Waals surface area contributed by atoms with E-state index >= 15 is 0 Å². The first kappa shape index (κ1) is 15.1. The third-order valence-corrected chi connectivity index (χ3v) is 4.05. The molecule has 0 spiro atoms. The molecule has 0 aromatic carbocycles. The van der Waals surface area contributed by atoms with Crippen molar-refractivity contribution in [2.75, 3.05) is 18.1 Å². The van der Waals surface area contributed by atoms with Crippen LogP contribution >= 0.6 is 0 Å². The molecular formula is C12H27NOS. The Morgan fingerprint density at radius 2 is 1.93 bits per heavy atom. The summed E-state index contributed by atoms with van der Waals surface area (Å²) >= 11 is 0. The van der Waals surface area contributed by atoms with Crippen LogP contribution < -0.4 is 5.32 Å². The van der Waals surface area contributed by atoms with E-state index in [4.69, 9.17) is 0 Å². The van der Waals surface area contributed by atoms with E-state index in [1.807, 2.05) is 0 Å². The lowest BCUT2D eigenvalue weighted by Gasteiger charge is -2.12. The first-order valence-corrected chi connectivity index (χ1v) is 7.63. The van der Waals surface area contributed by atoms with Gasteiger partial charge in [-0.15, -0.1) is 0 Å². The Bertz CT molecular complexity index is 171. The van der Waals surface area contributed by atoms with Gasteiger partial charge >= 0.3 is 0 Å². The molecule has 0 aromatic heterocycles. The van der Waals surface area contributed by atoms with Crippen molar-refractivity contribution in [1.29, 1.82) is 0 Å². The molecule has 2 unspecified atom stereocenters. The van der Waals surface area contributed by atoms with Gasteiger partial charge in [0.25, 0.3) is 0 Å². The lowest BCUT2D eigenvalue weighted by atomic mass is 10.2. The van der Waals surface area contributed by atoms with Gasteiger partial charge in [0.05, 0.1) is 0 Å². The normalized spacial score (nSPS) is 15.5. The van der Waals surface area contributed by atoms with Crippen LogP contribution in [-0.2, 0) is 10.8 Å². The van der Waals surface area contributed by atoms with Crippen molar-refractivity contribution in [1.82, 2.24) is 5.32 Å². The molecule has 0 aliphatic heterocycles. The second-order valence-electron chi connectivity index (χ2n) is 4.70. The number of rotatable bonds is 9. The number of hydrogen-bond acceptors (Lipinski definition) is 2. The molecule has 92 valence electrons. The van der Waals surface area contributed by atoms with Crippen LogP contribution in [-0.4, -0.2) is 28.3 Å². The van der Waals surface area contributed by atoms with Crippen LogP contribution in [0, 0.1) is 5.92 Å². The van der Waals surface area contributed by atoms with E-state index in [0.717, 1.165) is 30.9 Å². The summed E-state index contributed by atoms with van der Waals surface area (Å²) in [5.41, 5.74) is 0. The van der Waals surface area contributed by atoms with Gasteiger partial charge in [-0.05, 0) is 38.6 Å². The smallest absolute Gasteiger partial charge is 0.0257 e. The molecule has 0 aliphatic carbocycles. The first-order valence-electron chi connectivity index (χ1n) is 6.14. The summed E-state index contributed by atoms with van der Waals surface area (Å²) in [6.45, 7) is 9.74. The van der Waals surface area contributed by atoms with Gasteiger partial charge in [-0.3, -0.25) is 4.21 Å². The highest BCUT2D eigenvalue weighted by Gasteiger charge is 2.05. The zero-order valence-electron chi connectivity index (χ0n) is 10.7. The second kappa shape index (κ2) is 9.34. The third-order valence-electron chi connectivity index (χ3n) is 2.27. The zero-order chi connectivity index (χ0) is 11.7. The van der Waals surface area contributed by atoms with E-state index in [1.54, 1.807) is 0 Å². The molecule has 0 radical (unpaired) electrons. The van der Waals surface area contributed by atoms with Gasteiger partial charge in [0.15, 0.2) is 0 Å². The van der Waals surface area contributed by atoms with Gasteiger partial charge in [0, 0.05) is 28.3 Å². The van der Waals surface area contributed by atoms with Gasteiger partial charge in [-0.25, -0.2) is 0 Å². The van der Waals surface area contributed by atoms with Gasteiger partial charge in [0.1, 0.15) is 0 Å². The molecule has 3 heteroatoms. The first-order chi connectivity index (χ1) is 7.06. The summed E-state index contributed by atoms with van der Waals surface area (Å²) in [4.78, 5) is 0.